The number of nitrogens with one attached hydrogen (secondary N) is 1. The van der Waals surface area contributed by atoms with Gasteiger partial charge in [0.25, 0.3) is 0 Å². The van der Waals surface area contributed by atoms with Crippen molar-refractivity contribution in [3.63, 3.8) is 0 Å². The summed E-state index contributed by atoms with van der Waals surface area (Å²) in [6, 6.07) is -0.871. The van der Waals surface area contributed by atoms with Gasteiger partial charge in [0.1, 0.15) is 0 Å². The number of rotatable bonds is 3. The quantitative estimate of drug-likeness (QED) is 0.538. The van der Waals surface area contributed by atoms with Crippen molar-refractivity contribution in [3.05, 3.63) is 0 Å². The minimum atomic E-state index is -2.93. The summed E-state index contributed by atoms with van der Waals surface area (Å²) in [6.07, 6.45) is 0. The predicted octanol–water partition coefficient (Wildman–Crippen LogP) is 1.33. The molecule has 0 spiro atoms. The van der Waals surface area contributed by atoms with Crippen molar-refractivity contribution in [3.8, 4) is 0 Å². The highest BCUT2D eigenvalue weighted by Crippen LogP contribution is 2.42. The molecule has 0 heterocycles. The van der Waals surface area contributed by atoms with E-state index in [9.17, 15) is 9.36 Å². The maximum atomic E-state index is 11.1. The van der Waals surface area contributed by atoms with Gasteiger partial charge in [-0.2, -0.15) is 0 Å². The minimum Gasteiger partial charge on any atom is -0.351 e. The Morgan fingerprint density at radius 2 is 1.90 bits per heavy atom. The van der Waals surface area contributed by atoms with Crippen molar-refractivity contribution in [1.29, 1.82) is 0 Å². The van der Waals surface area contributed by atoms with E-state index in [1.807, 2.05) is 5.09 Å². The smallest absolute Gasteiger partial charge is 0.317 e. The Bertz CT molecular complexity index is 166. The first-order chi connectivity index (χ1) is 4.54. The van der Waals surface area contributed by atoms with Gasteiger partial charge >= 0.3 is 6.03 Å². The van der Waals surface area contributed by atoms with Crippen molar-refractivity contribution in [2.45, 2.75) is 0 Å². The van der Waals surface area contributed by atoms with Crippen LogP contribution in [-0.2, 0) is 4.57 Å². The molecule has 0 aromatic carbocycles. The van der Waals surface area contributed by atoms with Crippen molar-refractivity contribution >= 4 is 36.5 Å². The normalized spacial score (nSPS) is 11.0. The molecule has 0 atom stereocenters. The number of hydrogen-bond acceptors (Lipinski definition) is 2. The van der Waals surface area contributed by atoms with Crippen molar-refractivity contribution in [1.82, 2.24) is 5.09 Å². The lowest BCUT2D eigenvalue weighted by molar-refractivity contribution is 0.253. The molecule has 4 nitrogen and oxygen atoms in total. The summed E-state index contributed by atoms with van der Waals surface area (Å²) in [6.45, 7) is 0. The lowest BCUT2D eigenvalue weighted by Gasteiger charge is -2.10. The molecule has 60 valence electrons. The molecule has 0 fully saturated rings. The predicted molar refractivity (Wildman–Crippen MR) is 41.8 cm³/mol. The molecule has 3 N–H and O–H groups in total. The molecule has 0 aromatic rings. The summed E-state index contributed by atoms with van der Waals surface area (Å²) in [5.41, 5.74) is 4.30. The van der Waals surface area contributed by atoms with E-state index in [-0.39, 0.29) is 11.2 Å². The van der Waals surface area contributed by atoms with Crippen molar-refractivity contribution in [2.24, 2.45) is 5.73 Å². The fraction of sp³-hybridized carbons (Fsp3) is 0.667. The third kappa shape index (κ3) is 3.30. The van der Waals surface area contributed by atoms with Crippen LogP contribution in [0.5, 0.6) is 0 Å². The molecule has 0 radical (unpaired) electrons. The molecular formula is C3H7Cl2N2O2P. The highest BCUT2D eigenvalue weighted by molar-refractivity contribution is 7.65. The first-order valence-electron chi connectivity index (χ1n) is 2.32. The number of halogens is 2. The minimum absolute atomic E-state index is 0.195. The number of alkyl halides is 2. The number of nitrogens with two attached hydrogens (primary N) is 1. The molecule has 7 heteroatoms. The molecule has 0 rings (SSSR count). The molecule has 10 heavy (non-hydrogen) atoms. The van der Waals surface area contributed by atoms with Crippen LogP contribution in [0.3, 0.4) is 0 Å². The zero-order chi connectivity index (χ0) is 8.20. The molecule has 0 bridgehead atoms. The van der Waals surface area contributed by atoms with E-state index in [4.69, 9.17) is 28.9 Å². The SMILES string of the molecule is NC(=O)NP(=O)(CCl)CCl. The van der Waals surface area contributed by atoms with Gasteiger partial charge < -0.3 is 5.73 Å². The van der Waals surface area contributed by atoms with Gasteiger partial charge in [-0.25, -0.2) is 4.79 Å². The maximum Gasteiger partial charge on any atom is 0.317 e. The third-order valence-corrected chi connectivity index (χ3v) is 4.42. The lowest BCUT2D eigenvalue weighted by atomic mass is 11.2. The Morgan fingerprint density at radius 1 is 1.50 bits per heavy atom. The summed E-state index contributed by atoms with van der Waals surface area (Å²) >= 11 is 10.5. The number of primary amides is 1. The molecule has 0 saturated carbocycles. The molecule has 2 amide bonds. The average Bonchev–Trinajstić information content (AvgIpc) is 1.87. The number of hydrogen-bond donors (Lipinski definition) is 2. The standard InChI is InChI=1S/C3H7Cl2N2O2P/c4-1-10(9,2-5)7-3(6)8/h1-2H2,(H3,6,7,8,9). The van der Waals surface area contributed by atoms with Crippen LogP contribution in [0.15, 0.2) is 0 Å². The van der Waals surface area contributed by atoms with Crippen LogP contribution in [0.2, 0.25) is 0 Å². The van der Waals surface area contributed by atoms with Gasteiger partial charge in [0.15, 0.2) is 0 Å². The van der Waals surface area contributed by atoms with E-state index in [1.54, 1.807) is 0 Å². The highest BCUT2D eigenvalue weighted by Gasteiger charge is 2.20. The van der Waals surface area contributed by atoms with E-state index >= 15 is 0 Å². The molecule has 0 saturated heterocycles. The van der Waals surface area contributed by atoms with Crippen molar-refractivity contribution in [2.75, 3.05) is 11.2 Å². The van der Waals surface area contributed by atoms with Crippen LogP contribution in [-0.4, -0.2) is 17.3 Å². The first kappa shape index (κ1) is 10.1. The molecule has 0 aromatic heterocycles. The van der Waals surface area contributed by atoms with E-state index < -0.39 is 13.3 Å². The second kappa shape index (κ2) is 4.06. The lowest BCUT2D eigenvalue weighted by Crippen LogP contribution is -2.27. The summed E-state index contributed by atoms with van der Waals surface area (Å²) in [7, 11) is -2.93. The third-order valence-electron chi connectivity index (χ3n) is 0.700. The zero-order valence-electron chi connectivity index (χ0n) is 5.01. The van der Waals surface area contributed by atoms with Gasteiger partial charge in [0.2, 0.25) is 7.29 Å². The average molecular weight is 205 g/mol. The molecular weight excluding hydrogens is 198 g/mol. The van der Waals surface area contributed by atoms with Crippen LogP contribution in [0.1, 0.15) is 0 Å². The summed E-state index contributed by atoms with van der Waals surface area (Å²) in [5.74, 6) is 0. The number of urea groups is 1. The molecule has 0 aliphatic rings. The van der Waals surface area contributed by atoms with Crippen molar-refractivity contribution < 1.29 is 9.36 Å². The first-order valence-corrected chi connectivity index (χ1v) is 5.46. The number of carbonyl (C=O) groups is 1. The van der Waals surface area contributed by atoms with Gasteiger partial charge in [-0.1, -0.05) is 0 Å². The molecule has 0 unspecified atom stereocenters. The van der Waals surface area contributed by atoms with Crippen LogP contribution in [0, 0.1) is 0 Å². The Labute approximate surface area is 68.5 Å². The fourth-order valence-corrected chi connectivity index (χ4v) is 2.00. The molecule has 0 aliphatic heterocycles. The van der Waals surface area contributed by atoms with E-state index in [0.717, 1.165) is 0 Å². The van der Waals surface area contributed by atoms with Gasteiger partial charge in [0.05, 0.1) is 11.2 Å². The number of carbonyl (C=O) groups excluding carboxylic acids is 1. The Hall–Kier alpha value is 0.0800. The zero-order valence-corrected chi connectivity index (χ0v) is 7.42. The fourth-order valence-electron chi connectivity index (χ4n) is 0.293. The Balaban J connectivity index is 4.07. The summed E-state index contributed by atoms with van der Waals surface area (Å²) < 4.78 is 11.1. The number of amides is 2. The van der Waals surface area contributed by atoms with Crippen LogP contribution >= 0.6 is 30.5 Å². The Kier molecular flexibility index (Phi) is 4.09. The van der Waals surface area contributed by atoms with E-state index in [1.165, 1.54) is 0 Å². The Morgan fingerprint density at radius 3 is 2.00 bits per heavy atom. The van der Waals surface area contributed by atoms with Crippen LogP contribution in [0.25, 0.3) is 0 Å². The summed E-state index contributed by atoms with van der Waals surface area (Å²) in [4.78, 5) is 10.2. The van der Waals surface area contributed by atoms with Gasteiger partial charge in [-0.15, -0.1) is 23.2 Å². The van der Waals surface area contributed by atoms with Gasteiger partial charge in [-0.05, 0) is 0 Å². The van der Waals surface area contributed by atoms with E-state index in [0.29, 0.717) is 0 Å². The highest BCUT2D eigenvalue weighted by atomic mass is 35.5. The van der Waals surface area contributed by atoms with Crippen LogP contribution in [0.4, 0.5) is 4.79 Å². The maximum absolute atomic E-state index is 11.1. The topological polar surface area (TPSA) is 72.2 Å². The van der Waals surface area contributed by atoms with Gasteiger partial charge in [0, 0.05) is 0 Å². The second-order valence-electron chi connectivity index (χ2n) is 1.60. The van der Waals surface area contributed by atoms with Crippen LogP contribution < -0.4 is 10.8 Å². The second-order valence-corrected chi connectivity index (χ2v) is 5.52. The largest absolute Gasteiger partial charge is 0.351 e. The molecule has 0 aliphatic carbocycles. The monoisotopic (exact) mass is 204 g/mol. The summed E-state index contributed by atoms with van der Waals surface area (Å²) in [5, 5.41) is 1.99. The van der Waals surface area contributed by atoms with E-state index in [2.05, 4.69) is 0 Å². The van der Waals surface area contributed by atoms with Gasteiger partial charge in [-0.3, -0.25) is 9.65 Å².